The van der Waals surface area contributed by atoms with E-state index in [1.165, 1.54) is 6.42 Å². The molecule has 4 heteroatoms. The van der Waals surface area contributed by atoms with E-state index >= 15 is 0 Å². The molecule has 23 heavy (non-hydrogen) atoms. The third-order valence-corrected chi connectivity index (χ3v) is 5.12. The number of fused-ring (bicyclic) bond motifs is 1. The summed E-state index contributed by atoms with van der Waals surface area (Å²) in [6, 6.07) is 10.7. The third-order valence-electron chi connectivity index (χ3n) is 5.12. The zero-order valence-electron chi connectivity index (χ0n) is 14.0. The first kappa shape index (κ1) is 15.6. The molecule has 120 valence electrons. The second kappa shape index (κ2) is 6.08. The van der Waals surface area contributed by atoms with Crippen LogP contribution in [0.25, 0.3) is 10.9 Å². The number of likely N-dealkylation sites (tertiary alicyclic amines) is 1. The summed E-state index contributed by atoms with van der Waals surface area (Å²) < 4.78 is 1.99. The van der Waals surface area contributed by atoms with E-state index in [-0.39, 0.29) is 5.91 Å². The molecule has 2 heterocycles. The Labute approximate surface area is 137 Å². The lowest BCUT2D eigenvalue weighted by molar-refractivity contribution is -0.137. The quantitative estimate of drug-likeness (QED) is 0.851. The average Bonchev–Trinajstić information content (AvgIpc) is 2.79. The highest BCUT2D eigenvalue weighted by atomic mass is 16.2. The molecule has 3 rings (SSSR count). The Bertz CT molecular complexity index is 774. The highest BCUT2D eigenvalue weighted by Crippen LogP contribution is 2.27. The first-order valence-electron chi connectivity index (χ1n) is 8.33. The first-order chi connectivity index (χ1) is 11.0. The Morgan fingerprint density at radius 3 is 2.57 bits per heavy atom. The standard InChI is InChI=1S/C19H23N3O/c1-13-7-6-8-14(2)22(13)19(23)12-21-15(3)17(11-20)16-9-4-5-10-18(16)21/h4-5,9-10,13-14H,6-8,12H2,1-3H3/t13-,14+. The van der Waals surface area contributed by atoms with Gasteiger partial charge in [-0.15, -0.1) is 0 Å². The van der Waals surface area contributed by atoms with Crippen molar-refractivity contribution in [1.29, 1.82) is 5.26 Å². The van der Waals surface area contributed by atoms with Gasteiger partial charge < -0.3 is 9.47 Å². The number of amides is 1. The van der Waals surface area contributed by atoms with Crippen molar-refractivity contribution < 1.29 is 4.79 Å². The molecule has 0 N–H and O–H groups in total. The summed E-state index contributed by atoms with van der Waals surface area (Å²) in [6.45, 7) is 6.50. The number of piperidine rings is 1. The lowest BCUT2D eigenvalue weighted by Gasteiger charge is -2.39. The fourth-order valence-electron chi connectivity index (χ4n) is 3.91. The maximum Gasteiger partial charge on any atom is 0.242 e. The van der Waals surface area contributed by atoms with Gasteiger partial charge in [0.25, 0.3) is 0 Å². The van der Waals surface area contributed by atoms with Crippen molar-refractivity contribution in [3.8, 4) is 6.07 Å². The molecule has 0 bridgehead atoms. The molecule has 1 aliphatic rings. The van der Waals surface area contributed by atoms with Gasteiger partial charge >= 0.3 is 0 Å². The molecule has 1 saturated heterocycles. The van der Waals surface area contributed by atoms with Crippen LogP contribution in [0.1, 0.15) is 44.4 Å². The molecule has 1 aromatic heterocycles. The summed E-state index contributed by atoms with van der Waals surface area (Å²) in [7, 11) is 0. The predicted octanol–water partition coefficient (Wildman–Crippen LogP) is 3.61. The fourth-order valence-corrected chi connectivity index (χ4v) is 3.91. The van der Waals surface area contributed by atoms with Crippen LogP contribution < -0.4 is 0 Å². The van der Waals surface area contributed by atoms with Crippen LogP contribution in [0.4, 0.5) is 0 Å². The van der Waals surface area contributed by atoms with E-state index < -0.39 is 0 Å². The summed E-state index contributed by atoms with van der Waals surface area (Å²) in [5.41, 5.74) is 2.51. The van der Waals surface area contributed by atoms with Crippen molar-refractivity contribution in [2.24, 2.45) is 0 Å². The lowest BCUT2D eigenvalue weighted by atomic mass is 9.97. The highest BCUT2D eigenvalue weighted by molar-refractivity contribution is 5.89. The largest absolute Gasteiger partial charge is 0.336 e. The van der Waals surface area contributed by atoms with Gasteiger partial charge in [0.05, 0.1) is 11.1 Å². The van der Waals surface area contributed by atoms with Crippen molar-refractivity contribution in [1.82, 2.24) is 9.47 Å². The van der Waals surface area contributed by atoms with E-state index in [2.05, 4.69) is 19.9 Å². The summed E-state index contributed by atoms with van der Waals surface area (Å²) >= 11 is 0. The van der Waals surface area contributed by atoms with Crippen LogP contribution in [0.3, 0.4) is 0 Å². The van der Waals surface area contributed by atoms with Crippen LogP contribution in [0, 0.1) is 18.3 Å². The van der Waals surface area contributed by atoms with Crippen LogP contribution in [0.5, 0.6) is 0 Å². The zero-order valence-corrected chi connectivity index (χ0v) is 14.0. The van der Waals surface area contributed by atoms with Crippen molar-refractivity contribution >= 4 is 16.8 Å². The summed E-state index contributed by atoms with van der Waals surface area (Å²) in [5.74, 6) is 0.151. The Morgan fingerprint density at radius 1 is 1.26 bits per heavy atom. The Morgan fingerprint density at radius 2 is 1.91 bits per heavy atom. The average molecular weight is 309 g/mol. The third kappa shape index (κ3) is 2.61. The van der Waals surface area contributed by atoms with E-state index in [4.69, 9.17) is 0 Å². The number of aromatic nitrogens is 1. The van der Waals surface area contributed by atoms with E-state index in [0.717, 1.165) is 29.4 Å². The van der Waals surface area contributed by atoms with E-state index in [0.29, 0.717) is 24.2 Å². The van der Waals surface area contributed by atoms with Crippen LogP contribution in [-0.4, -0.2) is 27.5 Å². The molecule has 0 spiro atoms. The van der Waals surface area contributed by atoms with Crippen molar-refractivity contribution in [3.05, 3.63) is 35.5 Å². The van der Waals surface area contributed by atoms with Crippen LogP contribution in [0.2, 0.25) is 0 Å². The number of hydrogen-bond acceptors (Lipinski definition) is 2. The molecule has 1 amide bonds. The minimum absolute atomic E-state index is 0.151. The topological polar surface area (TPSA) is 49.0 Å². The normalized spacial score (nSPS) is 21.4. The lowest BCUT2D eigenvalue weighted by Crippen LogP contribution is -2.48. The second-order valence-electron chi connectivity index (χ2n) is 6.61. The monoisotopic (exact) mass is 309 g/mol. The number of nitrogens with zero attached hydrogens (tertiary/aromatic N) is 3. The molecule has 2 atom stereocenters. The molecule has 1 aromatic carbocycles. The first-order valence-corrected chi connectivity index (χ1v) is 8.33. The van der Waals surface area contributed by atoms with Gasteiger partial charge in [0.2, 0.25) is 5.91 Å². The molecule has 4 nitrogen and oxygen atoms in total. The van der Waals surface area contributed by atoms with Gasteiger partial charge in [0.15, 0.2) is 0 Å². The van der Waals surface area contributed by atoms with Crippen LogP contribution >= 0.6 is 0 Å². The molecule has 0 saturated carbocycles. The number of para-hydroxylation sites is 1. The number of benzene rings is 1. The van der Waals surface area contributed by atoms with Crippen molar-refractivity contribution in [2.75, 3.05) is 0 Å². The number of carbonyl (C=O) groups excluding carboxylic acids is 1. The van der Waals surface area contributed by atoms with E-state index in [9.17, 15) is 10.1 Å². The summed E-state index contributed by atoms with van der Waals surface area (Å²) in [5, 5.41) is 10.4. The molecule has 0 radical (unpaired) electrons. The maximum absolute atomic E-state index is 12.9. The number of carbonyl (C=O) groups is 1. The minimum atomic E-state index is 0.151. The van der Waals surface area contributed by atoms with Crippen LogP contribution in [-0.2, 0) is 11.3 Å². The number of rotatable bonds is 2. The maximum atomic E-state index is 12.9. The Balaban J connectivity index is 1.97. The number of nitriles is 1. The molecule has 0 unspecified atom stereocenters. The van der Waals surface area contributed by atoms with Gasteiger partial charge in [0.1, 0.15) is 12.6 Å². The highest BCUT2D eigenvalue weighted by Gasteiger charge is 2.29. The van der Waals surface area contributed by atoms with Crippen LogP contribution in [0.15, 0.2) is 24.3 Å². The molecular formula is C19H23N3O. The number of hydrogen-bond donors (Lipinski definition) is 0. The fraction of sp³-hybridized carbons (Fsp3) is 0.474. The summed E-state index contributed by atoms with van der Waals surface area (Å²) in [6.07, 6.45) is 3.34. The second-order valence-corrected chi connectivity index (χ2v) is 6.61. The molecule has 0 aliphatic carbocycles. The van der Waals surface area contributed by atoms with Crippen molar-refractivity contribution in [3.63, 3.8) is 0 Å². The smallest absolute Gasteiger partial charge is 0.242 e. The Kier molecular flexibility index (Phi) is 4.12. The van der Waals surface area contributed by atoms with Gasteiger partial charge in [-0.3, -0.25) is 4.79 Å². The Hall–Kier alpha value is -2.28. The van der Waals surface area contributed by atoms with Gasteiger partial charge in [-0.25, -0.2) is 0 Å². The van der Waals surface area contributed by atoms with E-state index in [1.54, 1.807) is 0 Å². The van der Waals surface area contributed by atoms with Gasteiger partial charge in [-0.05, 0) is 46.1 Å². The molecule has 2 aromatic rings. The van der Waals surface area contributed by atoms with Gasteiger partial charge in [-0.1, -0.05) is 18.2 Å². The predicted molar refractivity (Wildman–Crippen MR) is 91.0 cm³/mol. The minimum Gasteiger partial charge on any atom is -0.336 e. The molecular weight excluding hydrogens is 286 g/mol. The van der Waals surface area contributed by atoms with Gasteiger partial charge in [-0.2, -0.15) is 5.26 Å². The van der Waals surface area contributed by atoms with Crippen molar-refractivity contribution in [2.45, 2.75) is 58.7 Å². The molecule has 1 aliphatic heterocycles. The zero-order chi connectivity index (χ0) is 16.6. The summed E-state index contributed by atoms with van der Waals surface area (Å²) in [4.78, 5) is 14.9. The molecule has 1 fully saturated rings. The van der Waals surface area contributed by atoms with E-state index in [1.807, 2.05) is 40.7 Å². The SMILES string of the molecule is Cc1c(C#N)c2ccccc2n1CC(=O)N1[C@H](C)CCC[C@@H]1C. The van der Waals surface area contributed by atoms with Gasteiger partial charge in [0, 0.05) is 23.2 Å².